The first-order valence-electron chi connectivity index (χ1n) is 9.13. The molecule has 160 valence electrons. The number of thioether (sulfide) groups is 1. The molecule has 0 unspecified atom stereocenters. The van der Waals surface area contributed by atoms with E-state index in [2.05, 4.69) is 9.71 Å². The maximum absolute atomic E-state index is 12.8. The van der Waals surface area contributed by atoms with E-state index in [1.54, 1.807) is 32.0 Å². The van der Waals surface area contributed by atoms with Crippen LogP contribution in [-0.2, 0) is 19.6 Å². The van der Waals surface area contributed by atoms with E-state index in [1.807, 2.05) is 6.92 Å². The number of ether oxygens (including phenoxy) is 1. The van der Waals surface area contributed by atoms with Crippen molar-refractivity contribution < 1.29 is 17.9 Å². The molecule has 0 bridgehead atoms. The minimum Gasteiger partial charge on any atom is -0.466 e. The summed E-state index contributed by atoms with van der Waals surface area (Å²) in [4.78, 5) is 29.1. The van der Waals surface area contributed by atoms with Gasteiger partial charge in [-0.05, 0) is 32.9 Å². The fourth-order valence-corrected chi connectivity index (χ4v) is 6.20. The molecule has 0 fully saturated rings. The molecule has 30 heavy (non-hydrogen) atoms. The number of carbonyl (C=O) groups excluding carboxylic acids is 1. The number of aromatic nitrogens is 2. The molecule has 2 aliphatic rings. The van der Waals surface area contributed by atoms with Gasteiger partial charge in [0, 0.05) is 16.3 Å². The fourth-order valence-electron chi connectivity index (χ4n) is 2.73. The van der Waals surface area contributed by atoms with Crippen molar-refractivity contribution in [3.8, 4) is 5.69 Å². The van der Waals surface area contributed by atoms with Gasteiger partial charge in [0.25, 0.3) is 10.0 Å². The number of carbonyl (C=O) groups is 1. The van der Waals surface area contributed by atoms with Crippen LogP contribution >= 0.6 is 23.1 Å². The van der Waals surface area contributed by atoms with Gasteiger partial charge in [-0.15, -0.1) is 23.1 Å². The second kappa shape index (κ2) is 9.19. The minimum atomic E-state index is -3.92. The molecule has 11 heteroatoms. The quantitative estimate of drug-likeness (QED) is 0.400. The average Bonchev–Trinajstić information content (AvgIpc) is 3.02. The molecule has 3 rings (SSSR count). The summed E-state index contributed by atoms with van der Waals surface area (Å²) in [6, 6.07) is 7.88. The molecule has 0 saturated heterocycles. The van der Waals surface area contributed by atoms with Gasteiger partial charge < -0.3 is 4.74 Å². The Balaban J connectivity index is 1.99. The van der Waals surface area contributed by atoms with Crippen molar-refractivity contribution in [3.63, 3.8) is 0 Å². The molecule has 0 saturated carbocycles. The number of nitrogens with zero attached hydrogens (tertiary/aromatic N) is 2. The minimum absolute atomic E-state index is 0.0261. The molecule has 0 aromatic heterocycles. The van der Waals surface area contributed by atoms with Crippen LogP contribution in [0.4, 0.5) is 5.82 Å². The van der Waals surface area contributed by atoms with E-state index in [1.165, 1.54) is 39.8 Å². The lowest BCUT2D eigenvalue weighted by atomic mass is 10.4. The molecule has 2 heterocycles. The van der Waals surface area contributed by atoms with E-state index in [0.29, 0.717) is 28.0 Å². The number of benzene rings is 1. The lowest BCUT2D eigenvalue weighted by Gasteiger charge is -2.15. The predicted molar refractivity (Wildman–Crippen MR) is 118 cm³/mol. The number of esters is 1. The van der Waals surface area contributed by atoms with Crippen LogP contribution in [0.25, 0.3) is 5.69 Å². The summed E-state index contributed by atoms with van der Waals surface area (Å²) in [5.74, 6) is 0.0947. The van der Waals surface area contributed by atoms with E-state index >= 15 is 0 Å². The second-order valence-corrected chi connectivity index (χ2v) is 10.6. The van der Waals surface area contributed by atoms with Crippen LogP contribution in [0.1, 0.15) is 23.9 Å². The highest BCUT2D eigenvalue weighted by atomic mass is 32.2. The van der Waals surface area contributed by atoms with Gasteiger partial charge in [0.05, 0.1) is 22.1 Å². The first-order chi connectivity index (χ1) is 14.2. The normalized spacial score (nSPS) is 11.6. The number of fused-ring (bicyclic) bond motifs is 1. The zero-order valence-electron chi connectivity index (χ0n) is 16.7. The number of aryl methyl sites for hydroxylation is 1. The van der Waals surface area contributed by atoms with Gasteiger partial charge in [-0.2, -0.15) is 4.98 Å². The molecule has 0 aliphatic carbocycles. The molecule has 2 aliphatic heterocycles. The van der Waals surface area contributed by atoms with Crippen molar-refractivity contribution in [3.05, 3.63) is 51.4 Å². The third-order valence-electron chi connectivity index (χ3n) is 4.26. The van der Waals surface area contributed by atoms with E-state index in [-0.39, 0.29) is 23.1 Å². The van der Waals surface area contributed by atoms with Crippen LogP contribution < -0.4 is 10.4 Å². The molecule has 1 aromatic rings. The zero-order chi connectivity index (χ0) is 21.9. The van der Waals surface area contributed by atoms with Crippen molar-refractivity contribution in [2.24, 2.45) is 0 Å². The Hall–Kier alpha value is -2.37. The summed E-state index contributed by atoms with van der Waals surface area (Å²) >= 11 is 2.78. The Bertz CT molecular complexity index is 1190. The van der Waals surface area contributed by atoms with Gasteiger partial charge in [-0.25, -0.2) is 13.2 Å². The summed E-state index contributed by atoms with van der Waals surface area (Å²) < 4.78 is 35.0. The molecular formula is C19H21N3O5S3. The Morgan fingerprint density at radius 1 is 1.27 bits per heavy atom. The first kappa shape index (κ1) is 22.3. The summed E-state index contributed by atoms with van der Waals surface area (Å²) in [5, 5.41) is 0. The van der Waals surface area contributed by atoms with Crippen molar-refractivity contribution >= 4 is 44.9 Å². The van der Waals surface area contributed by atoms with Crippen molar-refractivity contribution in [2.75, 3.05) is 17.1 Å². The molecule has 1 N–H and O–H groups in total. The van der Waals surface area contributed by atoms with Crippen LogP contribution in [0.5, 0.6) is 0 Å². The van der Waals surface area contributed by atoms with Crippen LogP contribution in [0, 0.1) is 13.8 Å². The zero-order valence-corrected chi connectivity index (χ0v) is 19.1. The predicted octanol–water partition coefficient (Wildman–Crippen LogP) is 3.19. The van der Waals surface area contributed by atoms with Crippen LogP contribution in [-0.4, -0.2) is 36.3 Å². The summed E-state index contributed by atoms with van der Waals surface area (Å²) in [5.41, 5.74) is 0.519. The number of sulfonamides is 1. The van der Waals surface area contributed by atoms with Crippen LogP contribution in [0.3, 0.4) is 0 Å². The maximum atomic E-state index is 12.8. The van der Waals surface area contributed by atoms with Gasteiger partial charge in [0.2, 0.25) is 0 Å². The third kappa shape index (κ3) is 4.68. The molecule has 0 amide bonds. The molecule has 1 aromatic carbocycles. The maximum Gasteiger partial charge on any atom is 0.354 e. The fraction of sp³-hybridized carbons (Fsp3) is 0.316. The Kier molecular flexibility index (Phi) is 6.84. The van der Waals surface area contributed by atoms with E-state index in [9.17, 15) is 18.0 Å². The molecule has 0 spiro atoms. The third-order valence-corrected chi connectivity index (χ3v) is 8.06. The second-order valence-electron chi connectivity index (χ2n) is 6.28. The lowest BCUT2D eigenvalue weighted by molar-refractivity contribution is -0.142. The average molecular weight is 468 g/mol. The molecular weight excluding hydrogens is 446 g/mol. The van der Waals surface area contributed by atoms with E-state index in [4.69, 9.17) is 4.74 Å². The molecule has 0 atom stereocenters. The van der Waals surface area contributed by atoms with Crippen LogP contribution in [0.2, 0.25) is 0 Å². The Labute approximate surface area is 182 Å². The number of rotatable bonds is 8. The molecule has 8 nitrogen and oxygen atoms in total. The monoisotopic (exact) mass is 467 g/mol. The topological polar surface area (TPSA) is 107 Å². The van der Waals surface area contributed by atoms with E-state index < -0.39 is 15.7 Å². The Morgan fingerprint density at radius 3 is 2.63 bits per heavy atom. The number of anilines is 1. The van der Waals surface area contributed by atoms with E-state index in [0.717, 1.165) is 4.88 Å². The largest absolute Gasteiger partial charge is 0.466 e. The van der Waals surface area contributed by atoms with Gasteiger partial charge >= 0.3 is 11.7 Å². The highest BCUT2D eigenvalue weighted by Crippen LogP contribution is 2.38. The number of nitrogens with one attached hydrogen (secondary N) is 1. The number of hydrogen-bond acceptors (Lipinski definition) is 8. The van der Waals surface area contributed by atoms with Crippen LogP contribution in [0.15, 0.2) is 44.2 Å². The summed E-state index contributed by atoms with van der Waals surface area (Å²) in [6.07, 6.45) is 0.202. The SMILES string of the molecule is CCOC(=O)CCSc1sc(C)c(C)n2c(=O)nc(NS(=O)(=O)c3ccccc3)c1-2. The van der Waals surface area contributed by atoms with Crippen molar-refractivity contribution in [2.45, 2.75) is 36.3 Å². The highest BCUT2D eigenvalue weighted by Gasteiger charge is 2.26. The van der Waals surface area contributed by atoms with Crippen molar-refractivity contribution in [1.82, 2.24) is 9.55 Å². The van der Waals surface area contributed by atoms with Gasteiger partial charge in [0.15, 0.2) is 5.82 Å². The lowest BCUT2D eigenvalue weighted by Crippen LogP contribution is -2.17. The smallest absolute Gasteiger partial charge is 0.354 e. The van der Waals surface area contributed by atoms with Crippen molar-refractivity contribution in [1.29, 1.82) is 0 Å². The standard InChI is InChI=1S/C19H21N3O5S3/c1-4-27-15(23)10-11-28-18-16-17(20-19(24)22(16)12(2)13(3)29-18)21-30(25,26)14-8-6-5-7-9-14/h5-9H,4,10-11H2,1-3H3,(H,20,21,24). The first-order valence-corrected chi connectivity index (χ1v) is 12.4. The molecule has 0 radical (unpaired) electrons. The van der Waals surface area contributed by atoms with Gasteiger partial charge in [-0.3, -0.25) is 14.1 Å². The number of hydrogen-bond donors (Lipinski definition) is 1. The summed E-state index contributed by atoms with van der Waals surface area (Å²) in [7, 11) is -3.92. The Morgan fingerprint density at radius 2 is 1.97 bits per heavy atom. The van der Waals surface area contributed by atoms with Gasteiger partial charge in [-0.1, -0.05) is 18.2 Å². The van der Waals surface area contributed by atoms with Gasteiger partial charge in [0.1, 0.15) is 5.69 Å². The summed E-state index contributed by atoms with van der Waals surface area (Å²) in [6.45, 7) is 5.72. The number of imidazole rings is 1. The highest BCUT2D eigenvalue weighted by molar-refractivity contribution is 8.01.